The van der Waals surface area contributed by atoms with Crippen LogP contribution in [-0.4, -0.2) is 19.5 Å². The summed E-state index contributed by atoms with van der Waals surface area (Å²) in [6, 6.07) is 9.38. The summed E-state index contributed by atoms with van der Waals surface area (Å²) in [6.07, 6.45) is 0. The number of halogens is 1. The Morgan fingerprint density at radius 2 is 1.84 bits per heavy atom. The van der Waals surface area contributed by atoms with Crippen LogP contribution in [0.25, 0.3) is 11.2 Å². The Kier molecular flexibility index (Phi) is 2.83. The standard InChI is InChI=1S/C13H11ClN4O/c1-8-15-10-11(18(8)2)16-13(14)17-12(10)19-9-6-4-3-5-7-9/h3-7H,1-2H3. The van der Waals surface area contributed by atoms with Crippen molar-refractivity contribution >= 4 is 22.8 Å². The van der Waals surface area contributed by atoms with Crippen molar-refractivity contribution < 1.29 is 4.74 Å². The predicted molar refractivity (Wildman–Crippen MR) is 72.6 cm³/mol. The molecule has 0 fully saturated rings. The summed E-state index contributed by atoms with van der Waals surface area (Å²) in [4.78, 5) is 12.7. The summed E-state index contributed by atoms with van der Waals surface area (Å²) in [7, 11) is 1.88. The van der Waals surface area contributed by atoms with E-state index in [9.17, 15) is 0 Å². The fourth-order valence-corrected chi connectivity index (χ4v) is 1.95. The molecular weight excluding hydrogens is 264 g/mol. The number of rotatable bonds is 2. The molecule has 0 saturated carbocycles. The van der Waals surface area contributed by atoms with Crippen LogP contribution in [0.1, 0.15) is 5.82 Å². The molecule has 0 amide bonds. The highest BCUT2D eigenvalue weighted by atomic mass is 35.5. The van der Waals surface area contributed by atoms with Crippen molar-refractivity contribution in [3.05, 3.63) is 41.4 Å². The van der Waals surface area contributed by atoms with Crippen LogP contribution in [0.5, 0.6) is 11.6 Å². The average Bonchev–Trinajstić information content (AvgIpc) is 2.68. The van der Waals surface area contributed by atoms with Crippen molar-refractivity contribution in [3.8, 4) is 11.6 Å². The Bertz CT molecular complexity index is 739. The van der Waals surface area contributed by atoms with E-state index in [1.807, 2.05) is 48.9 Å². The number of aromatic nitrogens is 4. The van der Waals surface area contributed by atoms with Gasteiger partial charge in [0, 0.05) is 7.05 Å². The van der Waals surface area contributed by atoms with Gasteiger partial charge in [-0.15, -0.1) is 0 Å². The molecule has 3 rings (SSSR count). The lowest BCUT2D eigenvalue weighted by atomic mass is 10.3. The van der Waals surface area contributed by atoms with Crippen molar-refractivity contribution in [1.82, 2.24) is 19.5 Å². The summed E-state index contributed by atoms with van der Waals surface area (Å²) in [6.45, 7) is 1.89. The summed E-state index contributed by atoms with van der Waals surface area (Å²) in [5.74, 6) is 1.87. The molecule has 0 bridgehead atoms. The largest absolute Gasteiger partial charge is 0.437 e. The monoisotopic (exact) mass is 274 g/mol. The molecule has 2 heterocycles. The third-order valence-electron chi connectivity index (χ3n) is 2.84. The minimum Gasteiger partial charge on any atom is -0.437 e. The van der Waals surface area contributed by atoms with Crippen molar-refractivity contribution in [2.75, 3.05) is 0 Å². The lowest BCUT2D eigenvalue weighted by molar-refractivity contribution is 0.467. The highest BCUT2D eigenvalue weighted by molar-refractivity contribution is 6.28. The Morgan fingerprint density at radius 1 is 1.11 bits per heavy atom. The van der Waals surface area contributed by atoms with E-state index in [1.165, 1.54) is 0 Å². The summed E-state index contributed by atoms with van der Waals surface area (Å²) in [5.41, 5.74) is 1.26. The lowest BCUT2D eigenvalue weighted by Crippen LogP contribution is -1.95. The molecule has 0 spiro atoms. The van der Waals surface area contributed by atoms with Gasteiger partial charge in [-0.05, 0) is 30.7 Å². The van der Waals surface area contributed by atoms with E-state index in [-0.39, 0.29) is 5.28 Å². The molecule has 5 nitrogen and oxygen atoms in total. The number of hydrogen-bond acceptors (Lipinski definition) is 4. The van der Waals surface area contributed by atoms with Crippen molar-refractivity contribution in [2.45, 2.75) is 6.92 Å². The van der Waals surface area contributed by atoms with Crippen LogP contribution in [0, 0.1) is 6.92 Å². The highest BCUT2D eigenvalue weighted by Gasteiger charge is 2.15. The predicted octanol–water partition coefficient (Wildman–Crippen LogP) is 3.12. The van der Waals surface area contributed by atoms with Gasteiger partial charge in [0.25, 0.3) is 5.88 Å². The molecule has 0 atom stereocenters. The van der Waals surface area contributed by atoms with Gasteiger partial charge < -0.3 is 9.30 Å². The molecule has 6 heteroatoms. The number of ether oxygens (including phenoxy) is 1. The maximum absolute atomic E-state index is 5.93. The number of nitrogens with zero attached hydrogens (tertiary/aromatic N) is 4. The van der Waals surface area contributed by atoms with Gasteiger partial charge in [0.05, 0.1) is 0 Å². The zero-order valence-electron chi connectivity index (χ0n) is 10.5. The maximum atomic E-state index is 5.93. The van der Waals surface area contributed by atoms with Gasteiger partial charge in [0.15, 0.2) is 11.2 Å². The molecule has 0 aliphatic rings. The van der Waals surface area contributed by atoms with E-state index in [1.54, 1.807) is 0 Å². The minimum absolute atomic E-state index is 0.140. The molecule has 0 N–H and O–H groups in total. The third kappa shape index (κ3) is 2.13. The SMILES string of the molecule is Cc1nc2c(Oc3ccccc3)nc(Cl)nc2n1C. The quantitative estimate of drug-likeness (QED) is 0.674. The first kappa shape index (κ1) is 11.9. The number of imidazole rings is 1. The van der Waals surface area contributed by atoms with Gasteiger partial charge >= 0.3 is 0 Å². The molecule has 2 aromatic heterocycles. The van der Waals surface area contributed by atoms with E-state index in [0.717, 1.165) is 5.82 Å². The van der Waals surface area contributed by atoms with Gasteiger partial charge in [-0.2, -0.15) is 9.97 Å². The summed E-state index contributed by atoms with van der Waals surface area (Å²) < 4.78 is 7.58. The molecule has 0 aliphatic carbocycles. The Labute approximate surface area is 114 Å². The molecule has 0 aliphatic heterocycles. The van der Waals surface area contributed by atoms with Crippen molar-refractivity contribution in [3.63, 3.8) is 0 Å². The first-order valence-corrected chi connectivity index (χ1v) is 6.12. The normalized spacial score (nSPS) is 10.9. The first-order valence-electron chi connectivity index (χ1n) is 5.74. The zero-order valence-corrected chi connectivity index (χ0v) is 11.2. The van der Waals surface area contributed by atoms with E-state index >= 15 is 0 Å². The van der Waals surface area contributed by atoms with Crippen LogP contribution in [0.3, 0.4) is 0 Å². The maximum Gasteiger partial charge on any atom is 0.252 e. The molecule has 19 heavy (non-hydrogen) atoms. The molecule has 1 aromatic carbocycles. The number of hydrogen-bond donors (Lipinski definition) is 0. The summed E-state index contributed by atoms with van der Waals surface area (Å²) >= 11 is 5.93. The van der Waals surface area contributed by atoms with Gasteiger partial charge in [0.1, 0.15) is 11.6 Å². The Morgan fingerprint density at radius 3 is 2.58 bits per heavy atom. The second kappa shape index (κ2) is 4.51. The van der Waals surface area contributed by atoms with E-state index in [4.69, 9.17) is 16.3 Å². The number of para-hydroxylation sites is 1. The Balaban J connectivity index is 2.15. The fraction of sp³-hybridized carbons (Fsp3) is 0.154. The van der Waals surface area contributed by atoms with Crippen LogP contribution in [0.4, 0.5) is 0 Å². The first-order chi connectivity index (χ1) is 9.15. The van der Waals surface area contributed by atoms with E-state index in [2.05, 4.69) is 15.0 Å². The molecule has 96 valence electrons. The third-order valence-corrected chi connectivity index (χ3v) is 3.01. The van der Waals surface area contributed by atoms with Gasteiger partial charge in [-0.1, -0.05) is 18.2 Å². The van der Waals surface area contributed by atoms with Crippen LogP contribution >= 0.6 is 11.6 Å². The molecule has 0 radical (unpaired) electrons. The van der Waals surface area contributed by atoms with E-state index in [0.29, 0.717) is 22.8 Å². The van der Waals surface area contributed by atoms with Gasteiger partial charge in [-0.3, -0.25) is 0 Å². The van der Waals surface area contributed by atoms with Crippen LogP contribution in [-0.2, 0) is 7.05 Å². The number of fused-ring (bicyclic) bond motifs is 1. The molecule has 0 saturated heterocycles. The average molecular weight is 275 g/mol. The van der Waals surface area contributed by atoms with Crippen LogP contribution in [0.15, 0.2) is 30.3 Å². The van der Waals surface area contributed by atoms with Crippen molar-refractivity contribution in [2.24, 2.45) is 7.05 Å². The lowest BCUT2D eigenvalue weighted by Gasteiger charge is -2.05. The molecule has 0 unspecified atom stereocenters. The molecule has 3 aromatic rings. The second-order valence-electron chi connectivity index (χ2n) is 4.10. The van der Waals surface area contributed by atoms with E-state index < -0.39 is 0 Å². The minimum atomic E-state index is 0.140. The van der Waals surface area contributed by atoms with Crippen LogP contribution < -0.4 is 4.74 Å². The Hall–Kier alpha value is -2.14. The topological polar surface area (TPSA) is 52.8 Å². The molecular formula is C13H11ClN4O. The zero-order chi connectivity index (χ0) is 13.4. The van der Waals surface area contributed by atoms with Crippen LogP contribution in [0.2, 0.25) is 5.28 Å². The summed E-state index contributed by atoms with van der Waals surface area (Å²) in [5, 5.41) is 0.140. The fourth-order valence-electron chi connectivity index (χ4n) is 1.79. The van der Waals surface area contributed by atoms with Crippen molar-refractivity contribution in [1.29, 1.82) is 0 Å². The highest BCUT2D eigenvalue weighted by Crippen LogP contribution is 2.27. The van der Waals surface area contributed by atoms with Gasteiger partial charge in [-0.25, -0.2) is 4.98 Å². The second-order valence-corrected chi connectivity index (χ2v) is 4.44. The number of benzene rings is 1. The smallest absolute Gasteiger partial charge is 0.252 e. The van der Waals surface area contributed by atoms with Gasteiger partial charge in [0.2, 0.25) is 5.28 Å². The number of aryl methyl sites for hydroxylation is 2.